The highest BCUT2D eigenvalue weighted by Gasteiger charge is 1.98. The van der Waals surface area contributed by atoms with Gasteiger partial charge < -0.3 is 5.73 Å². The molecule has 0 saturated carbocycles. The lowest BCUT2D eigenvalue weighted by Gasteiger charge is -1.90. The van der Waals surface area contributed by atoms with Crippen LogP contribution < -0.4 is 5.73 Å². The molecule has 0 amide bonds. The van der Waals surface area contributed by atoms with Gasteiger partial charge in [-0.25, -0.2) is 4.98 Å². The third-order valence-electron chi connectivity index (χ3n) is 1.14. The second-order valence-corrected chi connectivity index (χ2v) is 1.90. The maximum absolute atomic E-state index is 5.34. The molecular weight excluding hydrogens is 187 g/mol. The lowest BCUT2D eigenvalue weighted by Crippen LogP contribution is -2.05. The van der Waals surface area contributed by atoms with E-state index in [-0.39, 0.29) is 24.8 Å². The molecule has 0 aromatic carbocycles. The van der Waals surface area contributed by atoms with Crippen molar-refractivity contribution in [3.63, 3.8) is 0 Å². The van der Waals surface area contributed by atoms with E-state index in [1.165, 1.54) is 0 Å². The van der Waals surface area contributed by atoms with Crippen molar-refractivity contribution in [1.82, 2.24) is 14.8 Å². The van der Waals surface area contributed by atoms with Gasteiger partial charge in [0, 0.05) is 7.05 Å². The Labute approximate surface area is 78.0 Å². The molecular formula is C5H12Cl2N4. The zero-order valence-corrected chi connectivity index (χ0v) is 8.08. The first-order chi connectivity index (χ1) is 4.24. The second-order valence-electron chi connectivity index (χ2n) is 1.90. The van der Waals surface area contributed by atoms with Gasteiger partial charge in [-0.15, -0.1) is 24.8 Å². The lowest BCUT2D eigenvalue weighted by atomic mass is 10.6. The lowest BCUT2D eigenvalue weighted by molar-refractivity contribution is 0.699. The van der Waals surface area contributed by atoms with Crippen molar-refractivity contribution in [2.75, 3.05) is 0 Å². The number of rotatable bonds is 1. The van der Waals surface area contributed by atoms with Gasteiger partial charge in [-0.3, -0.25) is 4.68 Å². The molecule has 2 N–H and O–H groups in total. The summed E-state index contributed by atoms with van der Waals surface area (Å²) in [5.41, 5.74) is 5.34. The standard InChI is InChI=1S/C5H10N4.2ClH/c1-4-7-5(3-6)9(2)8-4;;/h3,6H2,1-2H3;2*1H. The van der Waals surface area contributed by atoms with Gasteiger partial charge in [0.1, 0.15) is 11.6 Å². The molecule has 0 radical (unpaired) electrons. The smallest absolute Gasteiger partial charge is 0.147 e. The molecule has 0 unspecified atom stereocenters. The van der Waals surface area contributed by atoms with E-state index in [1.807, 2.05) is 14.0 Å². The summed E-state index contributed by atoms with van der Waals surface area (Å²) >= 11 is 0. The molecule has 1 rings (SSSR count). The Morgan fingerprint density at radius 3 is 2.18 bits per heavy atom. The van der Waals surface area contributed by atoms with Crippen molar-refractivity contribution in [2.45, 2.75) is 13.5 Å². The summed E-state index contributed by atoms with van der Waals surface area (Å²) in [5, 5.41) is 4.01. The van der Waals surface area contributed by atoms with Crippen LogP contribution in [-0.2, 0) is 13.6 Å². The van der Waals surface area contributed by atoms with Gasteiger partial charge in [0.05, 0.1) is 6.54 Å². The van der Waals surface area contributed by atoms with Crippen molar-refractivity contribution >= 4 is 24.8 Å². The zero-order valence-electron chi connectivity index (χ0n) is 6.44. The second kappa shape index (κ2) is 5.35. The van der Waals surface area contributed by atoms with Crippen LogP contribution in [0, 0.1) is 6.92 Å². The summed E-state index contributed by atoms with van der Waals surface area (Å²) in [5.74, 6) is 1.60. The monoisotopic (exact) mass is 198 g/mol. The molecule has 66 valence electrons. The van der Waals surface area contributed by atoms with Gasteiger partial charge in [-0.1, -0.05) is 0 Å². The topological polar surface area (TPSA) is 56.7 Å². The molecule has 0 aliphatic carbocycles. The molecule has 0 atom stereocenters. The molecule has 0 spiro atoms. The Morgan fingerprint density at radius 2 is 2.00 bits per heavy atom. The summed E-state index contributed by atoms with van der Waals surface area (Å²) in [6, 6.07) is 0. The van der Waals surface area contributed by atoms with Crippen LogP contribution >= 0.6 is 24.8 Å². The zero-order chi connectivity index (χ0) is 6.85. The molecule has 1 aromatic heterocycles. The first-order valence-corrected chi connectivity index (χ1v) is 2.80. The van der Waals surface area contributed by atoms with E-state index in [1.54, 1.807) is 4.68 Å². The van der Waals surface area contributed by atoms with Crippen molar-refractivity contribution in [1.29, 1.82) is 0 Å². The Balaban J connectivity index is 0. The summed E-state index contributed by atoms with van der Waals surface area (Å²) in [6.07, 6.45) is 0. The first kappa shape index (κ1) is 13.3. The van der Waals surface area contributed by atoms with E-state index in [4.69, 9.17) is 5.73 Å². The number of nitrogens with zero attached hydrogens (tertiary/aromatic N) is 3. The number of hydrogen-bond donors (Lipinski definition) is 1. The van der Waals surface area contributed by atoms with Crippen molar-refractivity contribution in [3.05, 3.63) is 11.6 Å². The third kappa shape index (κ3) is 3.05. The summed E-state index contributed by atoms with van der Waals surface area (Å²) in [4.78, 5) is 4.06. The van der Waals surface area contributed by atoms with Crippen LogP contribution in [0.2, 0.25) is 0 Å². The minimum atomic E-state index is 0. The molecule has 0 saturated heterocycles. The Bertz CT molecular complexity index is 210. The first-order valence-electron chi connectivity index (χ1n) is 2.80. The molecule has 11 heavy (non-hydrogen) atoms. The average Bonchev–Trinajstić information content (AvgIpc) is 2.10. The van der Waals surface area contributed by atoms with Crippen LogP contribution in [0.15, 0.2) is 0 Å². The number of aromatic nitrogens is 3. The van der Waals surface area contributed by atoms with Gasteiger partial charge in [0.2, 0.25) is 0 Å². The Morgan fingerprint density at radius 1 is 1.45 bits per heavy atom. The van der Waals surface area contributed by atoms with E-state index in [2.05, 4.69) is 10.1 Å². The van der Waals surface area contributed by atoms with Crippen LogP contribution in [0.3, 0.4) is 0 Å². The fourth-order valence-corrected chi connectivity index (χ4v) is 0.734. The van der Waals surface area contributed by atoms with E-state index in [0.717, 1.165) is 11.6 Å². The minimum absolute atomic E-state index is 0. The van der Waals surface area contributed by atoms with E-state index in [0.29, 0.717) is 6.54 Å². The maximum atomic E-state index is 5.34. The highest BCUT2D eigenvalue weighted by molar-refractivity contribution is 5.85. The van der Waals surface area contributed by atoms with Crippen LogP contribution in [0.1, 0.15) is 11.6 Å². The fraction of sp³-hybridized carbons (Fsp3) is 0.600. The van der Waals surface area contributed by atoms with Crippen molar-refractivity contribution in [3.8, 4) is 0 Å². The normalized spacial score (nSPS) is 8.27. The minimum Gasteiger partial charge on any atom is -0.324 e. The third-order valence-corrected chi connectivity index (χ3v) is 1.14. The number of aryl methyl sites for hydroxylation is 2. The fourth-order valence-electron chi connectivity index (χ4n) is 0.734. The number of halogens is 2. The number of nitrogens with two attached hydrogens (primary N) is 1. The molecule has 1 aromatic rings. The largest absolute Gasteiger partial charge is 0.324 e. The highest BCUT2D eigenvalue weighted by atomic mass is 35.5. The van der Waals surface area contributed by atoms with Gasteiger partial charge in [-0.05, 0) is 6.92 Å². The summed E-state index contributed by atoms with van der Waals surface area (Å²) in [6.45, 7) is 2.30. The quantitative estimate of drug-likeness (QED) is 0.713. The van der Waals surface area contributed by atoms with Gasteiger partial charge >= 0.3 is 0 Å². The SMILES string of the molecule is Cc1nc(CN)n(C)n1.Cl.Cl. The van der Waals surface area contributed by atoms with Crippen LogP contribution in [0.25, 0.3) is 0 Å². The Kier molecular flexibility index (Phi) is 6.46. The van der Waals surface area contributed by atoms with Crippen LogP contribution in [-0.4, -0.2) is 14.8 Å². The number of hydrogen-bond acceptors (Lipinski definition) is 3. The summed E-state index contributed by atoms with van der Waals surface area (Å²) in [7, 11) is 1.84. The molecule has 4 nitrogen and oxygen atoms in total. The molecule has 1 heterocycles. The van der Waals surface area contributed by atoms with Crippen molar-refractivity contribution < 1.29 is 0 Å². The van der Waals surface area contributed by atoms with E-state index < -0.39 is 0 Å². The van der Waals surface area contributed by atoms with Gasteiger partial charge in [-0.2, -0.15) is 5.10 Å². The molecule has 6 heteroatoms. The van der Waals surface area contributed by atoms with Crippen molar-refractivity contribution in [2.24, 2.45) is 12.8 Å². The van der Waals surface area contributed by atoms with E-state index in [9.17, 15) is 0 Å². The van der Waals surface area contributed by atoms with Crippen LogP contribution in [0.5, 0.6) is 0 Å². The maximum Gasteiger partial charge on any atom is 0.147 e. The summed E-state index contributed by atoms with van der Waals surface area (Å²) < 4.78 is 1.69. The molecule has 0 aliphatic heterocycles. The molecule has 0 bridgehead atoms. The highest BCUT2D eigenvalue weighted by Crippen LogP contribution is 1.91. The van der Waals surface area contributed by atoms with Gasteiger partial charge in [0.25, 0.3) is 0 Å². The van der Waals surface area contributed by atoms with E-state index >= 15 is 0 Å². The van der Waals surface area contributed by atoms with Gasteiger partial charge in [0.15, 0.2) is 0 Å². The predicted octanol–water partition coefficient (Wildman–Crippen LogP) is 0.426. The Hall–Kier alpha value is -0.320. The predicted molar refractivity (Wildman–Crippen MR) is 48.1 cm³/mol. The van der Waals surface area contributed by atoms with Crippen LogP contribution in [0.4, 0.5) is 0 Å². The average molecular weight is 199 g/mol. The molecule has 0 aliphatic rings. The molecule has 0 fully saturated rings.